The third-order valence-electron chi connectivity index (χ3n) is 5.68. The van der Waals surface area contributed by atoms with Crippen LogP contribution in [0.4, 0.5) is 16.0 Å². The average molecular weight is 410 g/mol. The van der Waals surface area contributed by atoms with Crippen molar-refractivity contribution in [3.8, 4) is 5.75 Å². The first kappa shape index (κ1) is 18.6. The van der Waals surface area contributed by atoms with Gasteiger partial charge >= 0.3 is 0 Å². The van der Waals surface area contributed by atoms with Crippen LogP contribution in [-0.2, 0) is 6.54 Å². The quantitative estimate of drug-likeness (QED) is 0.552. The van der Waals surface area contributed by atoms with Gasteiger partial charge in [-0.25, -0.2) is 14.4 Å². The molecule has 156 valence electrons. The monoisotopic (exact) mass is 410 g/mol. The molecule has 0 spiro atoms. The standard InChI is InChI=1S/C20H23FN8O/c1-3-28-11-13(9-23-28)27-6-4-5-12(10-27)18-25-19-14-7-15(21)17(30-2)8-16(14)24-20(22)29(19)26-18/h7-9,11-12H,3-6,10H2,1-2H3,(H2,22,24)/t12-/m1/s1. The highest BCUT2D eigenvalue weighted by Gasteiger charge is 2.27. The minimum atomic E-state index is -0.472. The van der Waals surface area contributed by atoms with Gasteiger partial charge in [0, 0.05) is 43.2 Å². The maximum absolute atomic E-state index is 14.3. The van der Waals surface area contributed by atoms with Crippen LogP contribution in [0, 0.1) is 5.82 Å². The van der Waals surface area contributed by atoms with Gasteiger partial charge in [0.2, 0.25) is 5.95 Å². The number of fused-ring (bicyclic) bond motifs is 3. The molecule has 9 nitrogen and oxygen atoms in total. The maximum atomic E-state index is 14.3. The summed E-state index contributed by atoms with van der Waals surface area (Å²) in [7, 11) is 1.42. The first-order valence-electron chi connectivity index (χ1n) is 10.0. The van der Waals surface area contributed by atoms with Crippen molar-refractivity contribution in [2.45, 2.75) is 32.2 Å². The molecule has 10 heteroatoms. The molecule has 30 heavy (non-hydrogen) atoms. The molecule has 2 N–H and O–H groups in total. The second kappa shape index (κ2) is 7.12. The van der Waals surface area contributed by atoms with Crippen molar-refractivity contribution in [1.82, 2.24) is 29.4 Å². The largest absolute Gasteiger partial charge is 0.494 e. The van der Waals surface area contributed by atoms with Crippen LogP contribution in [0.25, 0.3) is 16.6 Å². The first-order valence-corrected chi connectivity index (χ1v) is 10.0. The fourth-order valence-electron chi connectivity index (χ4n) is 4.09. The Kier molecular flexibility index (Phi) is 4.41. The molecule has 4 heterocycles. The number of aromatic nitrogens is 6. The Morgan fingerprint density at radius 2 is 2.17 bits per heavy atom. The Bertz CT molecular complexity index is 1230. The summed E-state index contributed by atoms with van der Waals surface area (Å²) in [6, 6.07) is 2.91. The predicted octanol–water partition coefficient (Wildman–Crippen LogP) is 2.61. The predicted molar refractivity (Wildman–Crippen MR) is 111 cm³/mol. The zero-order chi connectivity index (χ0) is 20.8. The molecule has 1 saturated heterocycles. The average Bonchev–Trinajstić information content (AvgIpc) is 3.42. The Morgan fingerprint density at radius 1 is 1.30 bits per heavy atom. The highest BCUT2D eigenvalue weighted by atomic mass is 19.1. The van der Waals surface area contributed by atoms with Crippen LogP contribution in [0.2, 0.25) is 0 Å². The number of piperidine rings is 1. The van der Waals surface area contributed by atoms with Crippen LogP contribution < -0.4 is 15.4 Å². The Morgan fingerprint density at radius 3 is 2.93 bits per heavy atom. The number of hydrogen-bond donors (Lipinski definition) is 1. The summed E-state index contributed by atoms with van der Waals surface area (Å²) >= 11 is 0. The van der Waals surface area contributed by atoms with Crippen LogP contribution in [0.3, 0.4) is 0 Å². The minimum absolute atomic E-state index is 0.119. The molecular formula is C20H23FN8O. The molecule has 1 atom stereocenters. The van der Waals surface area contributed by atoms with E-state index in [1.54, 1.807) is 0 Å². The number of nitrogen functional groups attached to an aromatic ring is 1. The van der Waals surface area contributed by atoms with Crippen LogP contribution in [0.5, 0.6) is 5.75 Å². The fourth-order valence-corrected chi connectivity index (χ4v) is 4.09. The molecule has 5 rings (SSSR count). The van der Waals surface area contributed by atoms with Gasteiger partial charge in [0.05, 0.1) is 24.5 Å². The maximum Gasteiger partial charge on any atom is 0.223 e. The Labute approximate surface area is 172 Å². The van der Waals surface area contributed by atoms with Crippen molar-refractivity contribution in [2.75, 3.05) is 30.8 Å². The van der Waals surface area contributed by atoms with Gasteiger partial charge in [0.25, 0.3) is 0 Å². The van der Waals surface area contributed by atoms with Crippen molar-refractivity contribution in [3.63, 3.8) is 0 Å². The van der Waals surface area contributed by atoms with Crippen molar-refractivity contribution < 1.29 is 9.13 Å². The highest BCUT2D eigenvalue weighted by Crippen LogP contribution is 2.31. The molecule has 1 fully saturated rings. The van der Waals surface area contributed by atoms with E-state index in [4.69, 9.17) is 15.5 Å². The summed E-state index contributed by atoms with van der Waals surface area (Å²) in [6.45, 7) is 4.67. The molecule has 0 unspecified atom stereocenters. The number of halogens is 1. The normalized spacial score (nSPS) is 17.2. The lowest BCUT2D eigenvalue weighted by molar-refractivity contribution is 0.387. The molecule has 1 aliphatic rings. The number of anilines is 2. The second-order valence-corrected chi connectivity index (χ2v) is 7.52. The number of methoxy groups -OCH3 is 1. The number of nitrogens with two attached hydrogens (primary N) is 1. The van der Waals surface area contributed by atoms with Gasteiger partial charge in [-0.15, -0.1) is 5.10 Å². The summed E-state index contributed by atoms with van der Waals surface area (Å²) in [4.78, 5) is 11.4. The van der Waals surface area contributed by atoms with Crippen LogP contribution in [0.15, 0.2) is 24.5 Å². The Balaban J connectivity index is 1.53. The molecule has 1 aliphatic heterocycles. The van der Waals surface area contributed by atoms with E-state index in [1.165, 1.54) is 23.8 Å². The number of benzene rings is 1. The molecule has 0 saturated carbocycles. The fraction of sp³-hybridized carbons (Fsp3) is 0.400. The van der Waals surface area contributed by atoms with E-state index < -0.39 is 5.82 Å². The third kappa shape index (κ3) is 2.99. The topological polar surface area (TPSA) is 99.4 Å². The van der Waals surface area contributed by atoms with E-state index in [9.17, 15) is 4.39 Å². The van der Waals surface area contributed by atoms with Gasteiger partial charge in [0.1, 0.15) is 0 Å². The molecule has 0 radical (unpaired) electrons. The van der Waals surface area contributed by atoms with Gasteiger partial charge in [-0.3, -0.25) is 4.68 Å². The molecule has 0 aliphatic carbocycles. The van der Waals surface area contributed by atoms with E-state index >= 15 is 0 Å². The van der Waals surface area contributed by atoms with Gasteiger partial charge in [-0.2, -0.15) is 9.61 Å². The first-order chi connectivity index (χ1) is 14.6. The van der Waals surface area contributed by atoms with Crippen LogP contribution in [0.1, 0.15) is 31.5 Å². The molecule has 0 amide bonds. The number of aryl methyl sites for hydroxylation is 1. The molecular weight excluding hydrogens is 387 g/mol. The molecule has 0 bridgehead atoms. The lowest BCUT2D eigenvalue weighted by atomic mass is 9.97. The highest BCUT2D eigenvalue weighted by molar-refractivity contribution is 5.93. The summed E-state index contributed by atoms with van der Waals surface area (Å²) in [5.41, 5.74) is 8.25. The number of ether oxygens (including phenoxy) is 1. The van der Waals surface area contributed by atoms with Gasteiger partial charge in [0.15, 0.2) is 23.0 Å². The van der Waals surface area contributed by atoms with Crippen molar-refractivity contribution >= 4 is 28.2 Å². The van der Waals surface area contributed by atoms with E-state index in [0.717, 1.165) is 38.2 Å². The SMILES string of the molecule is CCn1cc(N2CCC[C@@H](c3nc4c5cc(F)c(OC)cc5nc(N)n4n3)C2)cn1. The summed E-state index contributed by atoms with van der Waals surface area (Å²) < 4.78 is 22.8. The zero-order valence-electron chi connectivity index (χ0n) is 16.9. The van der Waals surface area contributed by atoms with Gasteiger partial charge in [-0.1, -0.05) is 0 Å². The van der Waals surface area contributed by atoms with Crippen molar-refractivity contribution in [2.24, 2.45) is 0 Å². The number of hydrogen-bond acceptors (Lipinski definition) is 7. The lowest BCUT2D eigenvalue weighted by Crippen LogP contribution is -2.34. The molecule has 3 aromatic heterocycles. The summed E-state index contributed by atoms with van der Waals surface area (Å²) in [5.74, 6) is 0.691. The van der Waals surface area contributed by atoms with Crippen LogP contribution >= 0.6 is 0 Å². The van der Waals surface area contributed by atoms with E-state index in [2.05, 4.69) is 33.2 Å². The molecule has 1 aromatic carbocycles. The lowest BCUT2D eigenvalue weighted by Gasteiger charge is -2.32. The van der Waals surface area contributed by atoms with Gasteiger partial charge < -0.3 is 15.4 Å². The van der Waals surface area contributed by atoms with E-state index in [-0.39, 0.29) is 17.6 Å². The smallest absolute Gasteiger partial charge is 0.223 e. The van der Waals surface area contributed by atoms with Crippen molar-refractivity contribution in [1.29, 1.82) is 0 Å². The number of nitrogens with zero attached hydrogens (tertiary/aromatic N) is 7. The van der Waals surface area contributed by atoms with Gasteiger partial charge in [-0.05, 0) is 25.8 Å². The van der Waals surface area contributed by atoms with Crippen LogP contribution in [-0.4, -0.2) is 49.6 Å². The molecule has 4 aromatic rings. The van der Waals surface area contributed by atoms with E-state index in [1.807, 2.05) is 10.9 Å². The Hall–Kier alpha value is -3.43. The van der Waals surface area contributed by atoms with Crippen molar-refractivity contribution in [3.05, 3.63) is 36.2 Å². The minimum Gasteiger partial charge on any atom is -0.494 e. The summed E-state index contributed by atoms with van der Waals surface area (Å²) in [6.07, 6.45) is 5.96. The third-order valence-corrected chi connectivity index (χ3v) is 5.68. The summed E-state index contributed by atoms with van der Waals surface area (Å²) in [5, 5.41) is 9.56. The van der Waals surface area contributed by atoms with E-state index in [0.29, 0.717) is 22.4 Å². The number of rotatable bonds is 4. The second-order valence-electron chi connectivity index (χ2n) is 7.52. The zero-order valence-corrected chi connectivity index (χ0v) is 16.9.